The Balaban J connectivity index is -0.0000000154. The van der Waals surface area contributed by atoms with Crippen LogP contribution in [0.2, 0.25) is 0 Å². The van der Waals surface area contributed by atoms with Gasteiger partial charge in [-0.1, -0.05) is 232 Å². The molecule has 3 rings (SSSR count). The zero-order chi connectivity index (χ0) is 81.0. The Kier molecular flexibility index (Phi) is 836. The molecule has 1 amide bonds. The van der Waals surface area contributed by atoms with Gasteiger partial charge in [-0.3, -0.25) is 4.79 Å². The molecule has 0 bridgehead atoms. The largest absolute Gasteiger partial charge is 0.394 e. The molecule has 96 heavy (non-hydrogen) atoms. The van der Waals surface area contributed by atoms with E-state index in [1.807, 2.05) is 133 Å². The van der Waals surface area contributed by atoms with Crippen molar-refractivity contribution in [3.63, 3.8) is 0 Å². The van der Waals surface area contributed by atoms with E-state index in [0.717, 1.165) is 49.6 Å². The number of hydrogen-bond donors (Lipinski definition) is 12. The van der Waals surface area contributed by atoms with Crippen molar-refractivity contribution >= 4 is 80.6 Å². The first-order valence-electron chi connectivity index (χ1n) is 30.2. The maximum Gasteiger partial charge on any atom is 0.219 e. The zero-order valence-electron chi connectivity index (χ0n) is 68.4. The Labute approximate surface area is 600 Å². The first-order valence-corrected chi connectivity index (χ1v) is 30.2. The number of aryl methyl sites for hydroxylation is 2. The van der Waals surface area contributed by atoms with Crippen LogP contribution in [0.3, 0.4) is 0 Å². The predicted octanol–water partition coefficient (Wildman–Crippen LogP) is 13.7. The lowest BCUT2D eigenvalue weighted by Crippen LogP contribution is -2.33. The molecule has 2 aromatic rings. The number of benzene rings is 2. The molecule has 2 aromatic carbocycles. The number of carbonyl (C=O) groups is 12. The standard InChI is InChI=1S/2C8H10.C7H13NO.4C5H12.C3H8O.3C2H6.7CH5N.11CH2O.CH4.4H3N.H2/c2*1-2-8-6-4-3-5-7-8;1-7(9)8-5-3-2-4-6-8;4*1-4-5(2)3;1-3(2)4;21*1-2;;;;;;/h2*3-7H,2H2,1H3;2-6H2,1H3;4*5H,4H2,1-3H3;3-4H,1-2H3;3*1-2H3;7*2H2,1H3;11*1H2;1H4;4*1H3;1H. The second-order valence-electron chi connectivity index (χ2n) is 14.5. The van der Waals surface area contributed by atoms with Crippen LogP contribution in [-0.2, 0) is 70.4 Å². The molecule has 25 heteroatoms. The van der Waals surface area contributed by atoms with Gasteiger partial charge in [0.1, 0.15) is 74.7 Å². The molecule has 1 fully saturated rings. The number of likely N-dealkylation sites (tertiary alicyclic amines) is 1. The van der Waals surface area contributed by atoms with Crippen molar-refractivity contribution in [1.82, 2.24) is 29.5 Å². The molecular weight excluding hydrogens is 1230 g/mol. The lowest BCUT2D eigenvalue weighted by molar-refractivity contribution is -0.129. The van der Waals surface area contributed by atoms with Gasteiger partial charge in [0.25, 0.3) is 0 Å². The third-order valence-electron chi connectivity index (χ3n) is 7.57. The van der Waals surface area contributed by atoms with Crippen LogP contribution < -0.4 is 64.7 Å². The first-order chi connectivity index (χ1) is 44.0. The lowest BCUT2D eigenvalue weighted by atomic mass is 10.1. The van der Waals surface area contributed by atoms with E-state index in [1.165, 1.54) is 105 Å². The maximum atomic E-state index is 10.7. The molecule has 1 aliphatic rings. The molecule has 27 N–H and O–H groups in total. The average Bonchev–Trinajstić information content (AvgIpc) is 3.68. The molecule has 0 atom stereocenters. The fourth-order valence-corrected chi connectivity index (χ4v) is 2.64. The molecule has 0 radical (unpaired) electrons. The van der Waals surface area contributed by atoms with E-state index in [4.69, 9.17) is 57.8 Å². The Morgan fingerprint density at radius 3 is 0.531 bits per heavy atom. The van der Waals surface area contributed by atoms with Gasteiger partial charge in [-0.25, -0.2) is 0 Å². The average molecular weight is 1410 g/mol. The zero-order valence-corrected chi connectivity index (χ0v) is 68.4. The minimum absolute atomic E-state index is 0. The quantitative estimate of drug-likeness (QED) is 0.128. The van der Waals surface area contributed by atoms with Crippen molar-refractivity contribution in [3.8, 4) is 0 Å². The SMILES string of the molecule is C.C=O.C=O.C=O.C=O.C=O.C=O.C=O.C=O.C=O.C=O.C=O.CC.CC.CC.CC(=O)N1CCCCC1.CC(C)O.CCC(C)C.CCC(C)C.CCC(C)C.CCC(C)C.CCc1ccccc1.CCc1ccccc1.CN.CN.CN.CN.CN.CN.CN.N.N.N.N.[HH]. The van der Waals surface area contributed by atoms with Gasteiger partial charge >= 0.3 is 0 Å². The number of rotatable bonds is 6. The summed E-state index contributed by atoms with van der Waals surface area (Å²) in [7, 11) is 10.5. The number of hydrogen-bond acceptors (Lipinski definition) is 24. The fraction of sp³-hybridized carbons (Fsp3) is 0.662. The van der Waals surface area contributed by atoms with Gasteiger partial charge in [-0.15, -0.1) is 0 Å². The van der Waals surface area contributed by atoms with Crippen molar-refractivity contribution < 1.29 is 64.1 Å². The molecule has 1 aliphatic heterocycles. The summed E-state index contributed by atoms with van der Waals surface area (Å²) in [6.45, 7) is 71.9. The van der Waals surface area contributed by atoms with Gasteiger partial charge in [0.05, 0.1) is 0 Å². The predicted molar refractivity (Wildman–Crippen MR) is 438 cm³/mol. The molecule has 0 unspecified atom stereocenters. The summed E-state index contributed by atoms with van der Waals surface area (Å²) in [6, 6.07) is 20.9. The Morgan fingerprint density at radius 2 is 0.469 bits per heavy atom. The number of carbonyl (C=O) groups excluding carboxylic acids is 12. The molecule has 25 nitrogen and oxygen atoms in total. The summed E-state index contributed by atoms with van der Waals surface area (Å²) in [6.07, 6.45) is 11.0. The van der Waals surface area contributed by atoms with Crippen LogP contribution >= 0.6 is 0 Å². The van der Waals surface area contributed by atoms with Crippen molar-refractivity contribution in [1.29, 1.82) is 0 Å². The highest BCUT2D eigenvalue weighted by molar-refractivity contribution is 5.73. The molecule has 1 heterocycles. The molecule has 0 saturated carbocycles. The first kappa shape index (κ1) is 205. The summed E-state index contributed by atoms with van der Waals surface area (Å²) < 4.78 is 0. The van der Waals surface area contributed by atoms with E-state index < -0.39 is 0 Å². The third kappa shape index (κ3) is 579. The minimum atomic E-state index is -0.167. The van der Waals surface area contributed by atoms with Crippen LogP contribution in [0, 0.1) is 23.7 Å². The van der Waals surface area contributed by atoms with E-state index in [0.29, 0.717) is 0 Å². The van der Waals surface area contributed by atoms with Crippen LogP contribution in [0.5, 0.6) is 0 Å². The highest BCUT2D eigenvalue weighted by atomic mass is 16.3. The van der Waals surface area contributed by atoms with E-state index in [9.17, 15) is 4.79 Å². The number of piperidine rings is 1. The molecule has 0 aliphatic carbocycles. The maximum absolute atomic E-state index is 10.7. The number of nitrogens with two attached hydrogens (primary N) is 7. The van der Waals surface area contributed by atoms with Gasteiger partial charge < -0.3 is 127 Å². The smallest absolute Gasteiger partial charge is 0.219 e. The molecule has 604 valence electrons. The second-order valence-corrected chi connectivity index (χ2v) is 14.5. The summed E-state index contributed by atoms with van der Waals surface area (Å²) in [5.74, 6) is 3.77. The Bertz CT molecular complexity index is 989. The summed E-state index contributed by atoms with van der Waals surface area (Å²) in [5.41, 5.74) is 34.3. The second kappa shape index (κ2) is 392. The van der Waals surface area contributed by atoms with E-state index >= 15 is 0 Å². The van der Waals surface area contributed by atoms with Crippen molar-refractivity contribution in [2.75, 3.05) is 62.4 Å². The lowest BCUT2D eigenvalue weighted by Gasteiger charge is -2.24. The fourth-order valence-electron chi connectivity index (χ4n) is 2.64. The van der Waals surface area contributed by atoms with Crippen LogP contribution in [0.4, 0.5) is 0 Å². The van der Waals surface area contributed by atoms with Crippen LogP contribution in [0.25, 0.3) is 0 Å². The number of aliphatic hydroxyl groups is 1. The normalized spacial score (nSPS) is 6.84. The summed E-state index contributed by atoms with van der Waals surface area (Å²) >= 11 is 0. The molecular formula is C71H182N12O13. The van der Waals surface area contributed by atoms with Gasteiger partial charge in [-0.05, 0) is 130 Å². The Morgan fingerprint density at radius 1 is 0.354 bits per heavy atom. The van der Waals surface area contributed by atoms with E-state index in [-0.39, 0.29) is 45.5 Å². The van der Waals surface area contributed by atoms with E-state index in [1.54, 1.807) is 20.8 Å². The van der Waals surface area contributed by atoms with Crippen molar-refractivity contribution in [2.45, 2.75) is 231 Å². The topological polar surface area (TPSA) is 550 Å². The Hall–Kier alpha value is -6.20. The number of nitrogens with zero attached hydrogens (tertiary/aromatic N) is 1. The van der Waals surface area contributed by atoms with Crippen molar-refractivity contribution in [2.24, 2.45) is 63.8 Å². The summed E-state index contributed by atoms with van der Waals surface area (Å²) in [4.78, 5) is 101. The number of amides is 1. The molecule has 1 saturated heterocycles. The highest BCUT2D eigenvalue weighted by Crippen LogP contribution is 2.07. The van der Waals surface area contributed by atoms with Gasteiger partial charge in [0.15, 0.2) is 0 Å². The van der Waals surface area contributed by atoms with Gasteiger partial charge in [-0.2, -0.15) is 0 Å². The molecule has 0 spiro atoms. The van der Waals surface area contributed by atoms with Gasteiger partial charge in [0.2, 0.25) is 5.91 Å². The summed E-state index contributed by atoms with van der Waals surface area (Å²) in [5, 5.41) is 8.06. The highest BCUT2D eigenvalue weighted by Gasteiger charge is 2.11. The van der Waals surface area contributed by atoms with Crippen LogP contribution in [0.15, 0.2) is 60.7 Å². The van der Waals surface area contributed by atoms with Gasteiger partial charge in [0, 0.05) is 27.5 Å². The monoisotopic (exact) mass is 1410 g/mol. The minimum Gasteiger partial charge on any atom is -0.394 e. The van der Waals surface area contributed by atoms with Crippen LogP contribution in [0.1, 0.15) is 224 Å². The molecule has 0 aromatic heterocycles. The third-order valence-corrected chi connectivity index (χ3v) is 7.57. The van der Waals surface area contributed by atoms with E-state index in [2.05, 4.69) is 186 Å². The van der Waals surface area contributed by atoms with Crippen molar-refractivity contribution in [3.05, 3.63) is 71.8 Å². The van der Waals surface area contributed by atoms with Crippen LogP contribution in [-0.4, -0.2) is 159 Å². The number of aliphatic hydroxyl groups excluding tert-OH is 1.